The number of benzene rings is 3. The summed E-state index contributed by atoms with van der Waals surface area (Å²) in [4.78, 5) is 12.6. The maximum atomic E-state index is 12.6. The lowest BCUT2D eigenvalue weighted by molar-refractivity contribution is -0.118. The quantitative estimate of drug-likeness (QED) is 0.140. The van der Waals surface area contributed by atoms with Gasteiger partial charge in [0.2, 0.25) is 5.75 Å². The molecule has 39 heavy (non-hydrogen) atoms. The van der Waals surface area contributed by atoms with E-state index < -0.39 is 0 Å². The number of rotatable bonds is 10. The highest BCUT2D eigenvalue weighted by Gasteiger charge is 2.21. The van der Waals surface area contributed by atoms with Gasteiger partial charge in [0.25, 0.3) is 5.91 Å². The van der Waals surface area contributed by atoms with E-state index in [2.05, 4.69) is 20.7 Å². The summed E-state index contributed by atoms with van der Waals surface area (Å²) in [6, 6.07) is 18.3. The Labute approximate surface area is 240 Å². The first-order chi connectivity index (χ1) is 18.9. The van der Waals surface area contributed by atoms with Crippen LogP contribution in [-0.2, 0) is 4.79 Å². The average Bonchev–Trinajstić information content (AvgIpc) is 3.39. The van der Waals surface area contributed by atoms with Crippen molar-refractivity contribution in [2.24, 2.45) is 5.10 Å². The van der Waals surface area contributed by atoms with Gasteiger partial charge < -0.3 is 14.2 Å². The van der Waals surface area contributed by atoms with Crippen molar-refractivity contribution in [3.05, 3.63) is 76.3 Å². The van der Waals surface area contributed by atoms with E-state index in [1.807, 2.05) is 34.9 Å². The summed E-state index contributed by atoms with van der Waals surface area (Å²) < 4.78 is 18.3. The Morgan fingerprint density at radius 3 is 2.26 bits per heavy atom. The zero-order valence-electron chi connectivity index (χ0n) is 21.6. The first kappa shape index (κ1) is 28.3. The normalized spacial score (nSPS) is 11.3. The molecule has 0 spiro atoms. The van der Waals surface area contributed by atoms with Crippen molar-refractivity contribution < 1.29 is 19.0 Å². The van der Waals surface area contributed by atoms with E-state index >= 15 is 0 Å². The van der Waals surface area contributed by atoms with Gasteiger partial charge in [0.1, 0.15) is 0 Å². The van der Waals surface area contributed by atoms with Crippen LogP contribution in [0.5, 0.6) is 17.2 Å². The summed E-state index contributed by atoms with van der Waals surface area (Å²) in [5.41, 5.74) is 5.42. The monoisotopic (exact) mass is 585 g/mol. The van der Waals surface area contributed by atoms with Crippen LogP contribution in [-0.4, -0.2) is 53.5 Å². The predicted molar refractivity (Wildman–Crippen MR) is 154 cm³/mol. The fraction of sp³-hybridized carbons (Fsp3) is 0.185. The molecule has 0 atom stereocenters. The molecule has 12 heteroatoms. The molecule has 0 radical (unpaired) electrons. The van der Waals surface area contributed by atoms with Gasteiger partial charge in [0.15, 0.2) is 22.5 Å². The smallest absolute Gasteiger partial charge is 0.250 e. The SMILES string of the molecule is COc1cc(-c2nnc(SCC(=O)N/N=C(/C)c3ccc(Cl)c(Cl)c3)n2-c2ccccc2)cc(OC)c1OC. The van der Waals surface area contributed by atoms with Gasteiger partial charge in [0.05, 0.1) is 42.8 Å². The lowest BCUT2D eigenvalue weighted by atomic mass is 10.1. The molecule has 3 aromatic carbocycles. The van der Waals surface area contributed by atoms with Crippen LogP contribution in [0.3, 0.4) is 0 Å². The zero-order chi connectivity index (χ0) is 27.9. The first-order valence-electron chi connectivity index (χ1n) is 11.6. The number of carbonyl (C=O) groups is 1. The van der Waals surface area contributed by atoms with Crippen molar-refractivity contribution in [2.75, 3.05) is 27.1 Å². The van der Waals surface area contributed by atoms with Crippen LogP contribution in [0.2, 0.25) is 10.0 Å². The van der Waals surface area contributed by atoms with Gasteiger partial charge in [-0.25, -0.2) is 5.43 Å². The maximum Gasteiger partial charge on any atom is 0.250 e. The molecule has 0 aliphatic rings. The molecule has 0 aliphatic heterocycles. The van der Waals surface area contributed by atoms with Crippen molar-refractivity contribution in [3.63, 3.8) is 0 Å². The van der Waals surface area contributed by atoms with Crippen LogP contribution >= 0.6 is 35.0 Å². The summed E-state index contributed by atoms with van der Waals surface area (Å²) in [7, 11) is 4.64. The van der Waals surface area contributed by atoms with Gasteiger partial charge in [-0.15, -0.1) is 10.2 Å². The number of nitrogens with one attached hydrogen (secondary N) is 1. The lowest BCUT2D eigenvalue weighted by Crippen LogP contribution is -2.21. The Hall–Kier alpha value is -3.73. The Bertz CT molecular complexity index is 1490. The third-order valence-corrected chi connectivity index (χ3v) is 7.26. The number of amides is 1. The van der Waals surface area contributed by atoms with Crippen molar-refractivity contribution in [2.45, 2.75) is 12.1 Å². The van der Waals surface area contributed by atoms with Gasteiger partial charge in [-0.3, -0.25) is 9.36 Å². The lowest BCUT2D eigenvalue weighted by Gasteiger charge is -2.15. The zero-order valence-corrected chi connectivity index (χ0v) is 23.9. The van der Waals surface area contributed by atoms with E-state index in [0.717, 1.165) is 11.3 Å². The molecule has 1 aromatic heterocycles. The van der Waals surface area contributed by atoms with Gasteiger partial charge in [-0.1, -0.05) is 59.2 Å². The van der Waals surface area contributed by atoms with Crippen molar-refractivity contribution >= 4 is 46.6 Å². The van der Waals surface area contributed by atoms with Gasteiger partial charge in [-0.2, -0.15) is 5.10 Å². The minimum absolute atomic E-state index is 0.0539. The molecule has 4 aromatic rings. The highest BCUT2D eigenvalue weighted by atomic mass is 35.5. The molecule has 0 unspecified atom stereocenters. The number of nitrogens with zero attached hydrogens (tertiary/aromatic N) is 4. The number of ether oxygens (including phenoxy) is 3. The largest absolute Gasteiger partial charge is 0.493 e. The van der Waals surface area contributed by atoms with Crippen LogP contribution in [0, 0.1) is 0 Å². The topological polar surface area (TPSA) is 99.9 Å². The highest BCUT2D eigenvalue weighted by molar-refractivity contribution is 7.99. The summed E-state index contributed by atoms with van der Waals surface area (Å²) in [5, 5.41) is 14.4. The maximum absolute atomic E-state index is 12.6. The summed E-state index contributed by atoms with van der Waals surface area (Å²) >= 11 is 13.3. The molecule has 1 amide bonds. The minimum Gasteiger partial charge on any atom is -0.493 e. The van der Waals surface area contributed by atoms with E-state index in [0.29, 0.717) is 49.5 Å². The molecule has 0 bridgehead atoms. The van der Waals surface area contributed by atoms with Gasteiger partial charge in [-0.05, 0) is 48.9 Å². The second-order valence-electron chi connectivity index (χ2n) is 8.04. The molecule has 0 aliphatic carbocycles. The number of methoxy groups -OCH3 is 3. The number of hydrogen-bond donors (Lipinski definition) is 1. The molecule has 0 fully saturated rings. The molecular formula is C27H25Cl2N5O4S. The Morgan fingerprint density at radius 2 is 1.64 bits per heavy atom. The van der Waals surface area contributed by atoms with Crippen LogP contribution in [0.15, 0.2) is 70.9 Å². The third kappa shape index (κ3) is 6.47. The Balaban J connectivity index is 1.60. The third-order valence-electron chi connectivity index (χ3n) is 5.59. The first-order valence-corrected chi connectivity index (χ1v) is 13.3. The van der Waals surface area contributed by atoms with E-state index in [4.69, 9.17) is 37.4 Å². The summed E-state index contributed by atoms with van der Waals surface area (Å²) in [6.45, 7) is 1.77. The second-order valence-corrected chi connectivity index (χ2v) is 9.80. The Kier molecular flexibility index (Phi) is 9.34. The fourth-order valence-electron chi connectivity index (χ4n) is 3.66. The number of halogens is 2. The molecule has 1 heterocycles. The summed E-state index contributed by atoms with van der Waals surface area (Å²) in [6.07, 6.45) is 0. The highest BCUT2D eigenvalue weighted by Crippen LogP contribution is 2.41. The number of hydrazone groups is 1. The van der Waals surface area contributed by atoms with E-state index in [1.165, 1.54) is 11.8 Å². The number of aromatic nitrogens is 3. The Morgan fingerprint density at radius 1 is 0.949 bits per heavy atom. The molecule has 4 rings (SSSR count). The average molecular weight is 587 g/mol. The second kappa shape index (κ2) is 12.9. The molecule has 0 saturated carbocycles. The fourth-order valence-corrected chi connectivity index (χ4v) is 4.71. The summed E-state index contributed by atoms with van der Waals surface area (Å²) in [5.74, 6) is 1.72. The molecule has 202 valence electrons. The predicted octanol–water partition coefficient (Wildman–Crippen LogP) is 5.90. The van der Waals surface area contributed by atoms with Gasteiger partial charge in [0, 0.05) is 11.3 Å². The molecule has 9 nitrogen and oxygen atoms in total. The standard InChI is InChI=1S/C27H25Cl2N5O4S/c1-16(17-10-11-20(28)21(29)12-17)30-31-24(35)15-39-27-33-32-26(34(27)19-8-6-5-7-9-19)18-13-22(36-2)25(38-4)23(14-18)37-3/h5-14H,15H2,1-4H3,(H,31,35)/b30-16-. The van der Waals surface area contributed by atoms with E-state index in [-0.39, 0.29) is 11.7 Å². The number of para-hydroxylation sites is 1. The molecule has 0 saturated heterocycles. The van der Waals surface area contributed by atoms with E-state index in [9.17, 15) is 4.79 Å². The number of carbonyl (C=O) groups excluding carboxylic acids is 1. The van der Waals surface area contributed by atoms with E-state index in [1.54, 1.807) is 58.6 Å². The minimum atomic E-state index is -0.309. The van der Waals surface area contributed by atoms with Crippen molar-refractivity contribution in [3.8, 4) is 34.3 Å². The van der Waals surface area contributed by atoms with Crippen LogP contribution in [0.1, 0.15) is 12.5 Å². The number of hydrogen-bond acceptors (Lipinski definition) is 8. The van der Waals surface area contributed by atoms with Crippen LogP contribution < -0.4 is 19.6 Å². The number of thioether (sulfide) groups is 1. The van der Waals surface area contributed by atoms with Crippen molar-refractivity contribution in [1.29, 1.82) is 0 Å². The molecular weight excluding hydrogens is 561 g/mol. The van der Waals surface area contributed by atoms with Crippen LogP contribution in [0.25, 0.3) is 17.1 Å². The van der Waals surface area contributed by atoms with Crippen LogP contribution in [0.4, 0.5) is 0 Å². The van der Waals surface area contributed by atoms with Crippen molar-refractivity contribution in [1.82, 2.24) is 20.2 Å². The van der Waals surface area contributed by atoms with Gasteiger partial charge >= 0.3 is 0 Å². The molecule has 1 N–H and O–H groups in total.